The minimum absolute atomic E-state index is 0.213. The third-order valence-corrected chi connectivity index (χ3v) is 5.20. The number of rotatable bonds is 6. The van der Waals surface area contributed by atoms with Crippen molar-refractivity contribution in [2.24, 2.45) is 0 Å². The van der Waals surface area contributed by atoms with Crippen molar-refractivity contribution in [2.75, 3.05) is 13.7 Å². The molecule has 3 N–H and O–H groups in total. The number of benzene rings is 3. The molecule has 0 saturated heterocycles. The summed E-state index contributed by atoms with van der Waals surface area (Å²) in [7, 11) is 1.58. The first-order valence-corrected chi connectivity index (χ1v) is 9.70. The molecule has 0 fully saturated rings. The van der Waals surface area contributed by atoms with E-state index in [1.165, 1.54) is 0 Å². The third kappa shape index (κ3) is 3.90. The zero-order chi connectivity index (χ0) is 21.1. The maximum absolute atomic E-state index is 12.9. The number of aliphatic hydroxyl groups excluding tert-OH is 1. The molecule has 0 radical (unpaired) electrons. The van der Waals surface area contributed by atoms with E-state index in [4.69, 9.17) is 4.74 Å². The Morgan fingerprint density at radius 1 is 1.10 bits per heavy atom. The van der Waals surface area contributed by atoms with E-state index in [9.17, 15) is 9.90 Å². The zero-order valence-electron chi connectivity index (χ0n) is 16.8. The van der Waals surface area contributed by atoms with E-state index in [1.54, 1.807) is 19.2 Å². The molecule has 152 valence electrons. The number of nitrogens with one attached hydrogen (secondary N) is 2. The third-order valence-electron chi connectivity index (χ3n) is 5.20. The number of hydrogen-bond donors (Lipinski definition) is 3. The molecular weight excluding hydrogens is 378 g/mol. The summed E-state index contributed by atoms with van der Waals surface area (Å²) >= 11 is 0. The lowest BCUT2D eigenvalue weighted by Crippen LogP contribution is -2.30. The van der Waals surface area contributed by atoms with Crippen LogP contribution in [0.25, 0.3) is 22.0 Å². The Morgan fingerprint density at radius 2 is 1.90 bits per heavy atom. The summed E-state index contributed by atoms with van der Waals surface area (Å²) in [5.41, 5.74) is 5.17. The second-order valence-corrected chi connectivity index (χ2v) is 7.14. The van der Waals surface area contributed by atoms with Crippen LogP contribution in [0, 0.1) is 6.92 Å². The Kier molecular flexibility index (Phi) is 5.50. The van der Waals surface area contributed by atoms with E-state index < -0.39 is 6.04 Å². The number of nitrogens with zero attached hydrogens (tertiary/aromatic N) is 1. The first-order valence-electron chi connectivity index (χ1n) is 9.70. The molecule has 4 aromatic rings. The van der Waals surface area contributed by atoms with Gasteiger partial charge in [0.05, 0.1) is 31.0 Å². The maximum atomic E-state index is 12.9. The van der Waals surface area contributed by atoms with E-state index in [0.29, 0.717) is 11.3 Å². The number of aromatic nitrogens is 2. The number of amides is 1. The number of fused-ring (bicyclic) bond motifs is 1. The Balaban J connectivity index is 1.59. The Hall–Kier alpha value is -3.64. The van der Waals surface area contributed by atoms with Gasteiger partial charge in [-0.2, -0.15) is 5.10 Å². The highest BCUT2D eigenvalue weighted by atomic mass is 16.5. The van der Waals surface area contributed by atoms with Gasteiger partial charge in [0.15, 0.2) is 0 Å². The van der Waals surface area contributed by atoms with Gasteiger partial charge in [-0.25, -0.2) is 0 Å². The molecular formula is C24H23N3O3. The molecule has 3 aromatic carbocycles. The second kappa shape index (κ2) is 8.39. The van der Waals surface area contributed by atoms with Crippen LogP contribution in [-0.2, 0) is 0 Å². The molecule has 0 bridgehead atoms. The molecule has 1 aromatic heterocycles. The summed E-state index contributed by atoms with van der Waals surface area (Å²) in [6, 6.07) is 20.3. The van der Waals surface area contributed by atoms with Gasteiger partial charge in [0.25, 0.3) is 5.91 Å². The number of methoxy groups -OCH3 is 1. The van der Waals surface area contributed by atoms with E-state index in [0.717, 1.165) is 33.3 Å². The molecule has 1 heterocycles. The number of aliphatic hydroxyl groups is 1. The molecule has 30 heavy (non-hydrogen) atoms. The van der Waals surface area contributed by atoms with Crippen LogP contribution in [0.15, 0.2) is 66.7 Å². The van der Waals surface area contributed by atoms with Gasteiger partial charge in [0.1, 0.15) is 5.75 Å². The SMILES string of the molecule is COc1cccc([C@H](CO)NC(=O)c2cccc(-c3ccc4[nH]nc(C)c4c3)c2)c1. The molecule has 6 heteroatoms. The van der Waals surface area contributed by atoms with Crippen molar-refractivity contribution in [2.45, 2.75) is 13.0 Å². The summed E-state index contributed by atoms with van der Waals surface area (Å²) < 4.78 is 5.24. The molecule has 1 atom stereocenters. The number of aromatic amines is 1. The van der Waals surface area contributed by atoms with Crippen molar-refractivity contribution in [3.05, 3.63) is 83.6 Å². The maximum Gasteiger partial charge on any atom is 0.251 e. The average Bonchev–Trinajstić information content (AvgIpc) is 3.17. The number of carbonyl (C=O) groups excluding carboxylic acids is 1. The van der Waals surface area contributed by atoms with Gasteiger partial charge in [0.2, 0.25) is 0 Å². The monoisotopic (exact) mass is 401 g/mol. The van der Waals surface area contributed by atoms with E-state index >= 15 is 0 Å². The van der Waals surface area contributed by atoms with E-state index in [1.807, 2.05) is 55.5 Å². The summed E-state index contributed by atoms with van der Waals surface area (Å²) in [5, 5.41) is 21.0. The minimum Gasteiger partial charge on any atom is -0.497 e. The largest absolute Gasteiger partial charge is 0.497 e. The molecule has 0 aliphatic heterocycles. The second-order valence-electron chi connectivity index (χ2n) is 7.14. The summed E-state index contributed by atoms with van der Waals surface area (Å²) in [6.45, 7) is 1.75. The lowest BCUT2D eigenvalue weighted by atomic mass is 10.0. The quantitative estimate of drug-likeness (QED) is 0.456. The van der Waals surface area contributed by atoms with Crippen LogP contribution >= 0.6 is 0 Å². The lowest BCUT2D eigenvalue weighted by Gasteiger charge is -2.18. The molecule has 0 saturated carbocycles. The first-order chi connectivity index (χ1) is 14.6. The Labute approximate surface area is 174 Å². The van der Waals surface area contributed by atoms with Crippen molar-refractivity contribution in [3.63, 3.8) is 0 Å². The van der Waals surface area contributed by atoms with Crippen molar-refractivity contribution in [1.29, 1.82) is 0 Å². The van der Waals surface area contributed by atoms with Crippen LogP contribution in [-0.4, -0.2) is 34.9 Å². The molecule has 0 spiro atoms. The highest BCUT2D eigenvalue weighted by molar-refractivity contribution is 5.96. The van der Waals surface area contributed by atoms with Gasteiger partial charge < -0.3 is 15.2 Å². The molecule has 0 aliphatic rings. The Morgan fingerprint density at radius 3 is 2.70 bits per heavy atom. The highest BCUT2D eigenvalue weighted by Crippen LogP contribution is 2.26. The van der Waals surface area contributed by atoms with Crippen LogP contribution in [0.5, 0.6) is 5.75 Å². The summed E-state index contributed by atoms with van der Waals surface area (Å²) in [4.78, 5) is 12.9. The van der Waals surface area contributed by atoms with Gasteiger partial charge in [-0.1, -0.05) is 30.3 Å². The van der Waals surface area contributed by atoms with Crippen molar-refractivity contribution in [1.82, 2.24) is 15.5 Å². The standard InChI is InChI=1S/C24H23N3O3/c1-15-21-13-17(9-10-22(21)27-26-15)16-5-3-7-19(11-16)24(29)25-23(14-28)18-6-4-8-20(12-18)30-2/h3-13,23,28H,14H2,1-2H3,(H,25,29)(H,26,27)/t23-/m0/s1. The molecule has 0 unspecified atom stereocenters. The molecule has 0 aliphatic carbocycles. The molecule has 1 amide bonds. The van der Waals surface area contributed by atoms with Crippen LogP contribution in [0.3, 0.4) is 0 Å². The smallest absolute Gasteiger partial charge is 0.251 e. The fourth-order valence-corrected chi connectivity index (χ4v) is 3.50. The lowest BCUT2D eigenvalue weighted by molar-refractivity contribution is 0.0916. The van der Waals surface area contributed by atoms with Crippen LogP contribution in [0.4, 0.5) is 0 Å². The number of aryl methyl sites for hydroxylation is 1. The van der Waals surface area contributed by atoms with Gasteiger partial charge in [0, 0.05) is 10.9 Å². The number of hydrogen-bond acceptors (Lipinski definition) is 4. The number of carbonyl (C=O) groups is 1. The summed E-state index contributed by atoms with van der Waals surface area (Å²) in [6.07, 6.45) is 0. The molecule has 4 rings (SSSR count). The van der Waals surface area contributed by atoms with Crippen molar-refractivity contribution in [3.8, 4) is 16.9 Å². The van der Waals surface area contributed by atoms with Crippen LogP contribution < -0.4 is 10.1 Å². The molecule has 6 nitrogen and oxygen atoms in total. The van der Waals surface area contributed by atoms with Crippen molar-refractivity contribution >= 4 is 16.8 Å². The van der Waals surface area contributed by atoms with Gasteiger partial charge in [-0.15, -0.1) is 0 Å². The van der Waals surface area contributed by atoms with Crippen molar-refractivity contribution < 1.29 is 14.6 Å². The number of H-pyrrole nitrogens is 1. The van der Waals surface area contributed by atoms with Gasteiger partial charge in [-0.3, -0.25) is 9.89 Å². The first kappa shape index (κ1) is 19.7. The van der Waals surface area contributed by atoms with Crippen LogP contribution in [0.1, 0.15) is 27.7 Å². The van der Waals surface area contributed by atoms with E-state index in [-0.39, 0.29) is 12.5 Å². The number of ether oxygens (including phenoxy) is 1. The fraction of sp³-hybridized carbons (Fsp3) is 0.167. The fourth-order valence-electron chi connectivity index (χ4n) is 3.50. The van der Waals surface area contributed by atoms with E-state index in [2.05, 4.69) is 21.6 Å². The average molecular weight is 401 g/mol. The zero-order valence-corrected chi connectivity index (χ0v) is 16.8. The Bertz CT molecular complexity index is 1200. The topological polar surface area (TPSA) is 87.2 Å². The van der Waals surface area contributed by atoms with Gasteiger partial charge >= 0.3 is 0 Å². The predicted octanol–water partition coefficient (Wildman–Crippen LogP) is 4.01. The predicted molar refractivity (Wildman–Crippen MR) is 117 cm³/mol. The summed E-state index contributed by atoms with van der Waals surface area (Å²) in [5.74, 6) is 0.423. The highest BCUT2D eigenvalue weighted by Gasteiger charge is 2.16. The van der Waals surface area contributed by atoms with Crippen LogP contribution in [0.2, 0.25) is 0 Å². The normalized spacial score (nSPS) is 12.0. The minimum atomic E-state index is -0.527. The van der Waals surface area contributed by atoms with Gasteiger partial charge in [-0.05, 0) is 60.0 Å².